The molecule has 0 unspecified atom stereocenters. The van der Waals surface area contributed by atoms with Gasteiger partial charge < -0.3 is 21.1 Å². The van der Waals surface area contributed by atoms with Crippen LogP contribution in [0.1, 0.15) is 25.3 Å². The van der Waals surface area contributed by atoms with E-state index in [1.807, 2.05) is 25.1 Å². The number of benzene rings is 1. The predicted molar refractivity (Wildman–Crippen MR) is 105 cm³/mol. The minimum atomic E-state index is -2.29. The van der Waals surface area contributed by atoms with Crippen LogP contribution in [-0.4, -0.2) is 62.0 Å². The van der Waals surface area contributed by atoms with Crippen LogP contribution >= 0.6 is 0 Å². The molecule has 0 aliphatic carbocycles. The van der Waals surface area contributed by atoms with Crippen LogP contribution in [0.25, 0.3) is 0 Å². The van der Waals surface area contributed by atoms with Gasteiger partial charge in [0.1, 0.15) is 5.75 Å². The summed E-state index contributed by atoms with van der Waals surface area (Å²) >= 11 is 0. The molecule has 0 radical (unpaired) electrons. The molecule has 1 aromatic rings. The molecule has 4 N–H and O–H groups in total. The van der Waals surface area contributed by atoms with Crippen LogP contribution < -0.4 is 21.1 Å². The molecule has 0 bridgehead atoms. The quantitative estimate of drug-likeness (QED) is 0.432. The zero-order valence-corrected chi connectivity index (χ0v) is 16.2. The van der Waals surface area contributed by atoms with E-state index in [1.165, 1.54) is 0 Å². The van der Waals surface area contributed by atoms with Gasteiger partial charge in [0.2, 0.25) is 0 Å². The summed E-state index contributed by atoms with van der Waals surface area (Å²) < 4.78 is 30.3. The molecule has 7 nitrogen and oxygen atoms in total. The number of rotatable bonds is 9. The van der Waals surface area contributed by atoms with E-state index in [0.717, 1.165) is 24.9 Å². The third-order valence-electron chi connectivity index (χ3n) is 4.37. The third kappa shape index (κ3) is 8.08. The van der Waals surface area contributed by atoms with E-state index in [4.69, 9.17) is 10.5 Å². The topological polar surface area (TPSA) is 92.0 Å². The number of nitrogens with two attached hydrogens (primary N) is 1. The highest BCUT2D eigenvalue weighted by molar-refractivity contribution is 5.80. The lowest BCUT2D eigenvalue weighted by molar-refractivity contribution is -0.119. The van der Waals surface area contributed by atoms with Gasteiger partial charge in [-0.3, -0.25) is 9.69 Å². The average molecular weight is 397 g/mol. The van der Waals surface area contributed by atoms with Crippen LogP contribution in [0, 0.1) is 0 Å². The second kappa shape index (κ2) is 11.4. The van der Waals surface area contributed by atoms with Gasteiger partial charge in [-0.15, -0.1) is 0 Å². The second-order valence-corrected chi connectivity index (χ2v) is 6.71. The molecular formula is C19H29F2N5O2. The van der Waals surface area contributed by atoms with Crippen molar-refractivity contribution in [1.29, 1.82) is 0 Å². The van der Waals surface area contributed by atoms with Gasteiger partial charge in [-0.1, -0.05) is 12.1 Å². The summed E-state index contributed by atoms with van der Waals surface area (Å²) in [6.07, 6.45) is -0.688. The molecule has 2 rings (SSSR count). The van der Waals surface area contributed by atoms with Gasteiger partial charge in [-0.25, -0.2) is 13.8 Å². The van der Waals surface area contributed by atoms with Gasteiger partial charge in [0.25, 0.3) is 12.3 Å². The molecule has 1 amide bonds. The van der Waals surface area contributed by atoms with Gasteiger partial charge in [0, 0.05) is 25.7 Å². The summed E-state index contributed by atoms with van der Waals surface area (Å²) in [5, 5.41) is 6.60. The Morgan fingerprint density at radius 1 is 1.39 bits per heavy atom. The minimum Gasteiger partial charge on any atom is -0.484 e. The predicted octanol–water partition coefficient (Wildman–Crippen LogP) is 1.34. The molecule has 0 spiro atoms. The van der Waals surface area contributed by atoms with Gasteiger partial charge in [0.05, 0.1) is 13.1 Å². The number of ether oxygens (including phenoxy) is 1. The summed E-state index contributed by atoms with van der Waals surface area (Å²) in [7, 11) is 0. The van der Waals surface area contributed by atoms with Gasteiger partial charge in [0.15, 0.2) is 12.6 Å². The monoisotopic (exact) mass is 397 g/mol. The van der Waals surface area contributed by atoms with Crippen LogP contribution in [0.4, 0.5) is 8.78 Å². The van der Waals surface area contributed by atoms with Crippen molar-refractivity contribution in [1.82, 2.24) is 15.5 Å². The van der Waals surface area contributed by atoms with Crippen molar-refractivity contribution in [2.45, 2.75) is 38.8 Å². The summed E-state index contributed by atoms with van der Waals surface area (Å²) in [5.41, 5.74) is 6.02. The number of carbonyl (C=O) groups is 1. The Hall–Kier alpha value is -2.42. The van der Waals surface area contributed by atoms with Gasteiger partial charge in [-0.05, 0) is 37.5 Å². The van der Waals surface area contributed by atoms with Crippen LogP contribution in [0.5, 0.6) is 5.75 Å². The number of amides is 1. The molecule has 1 fully saturated rings. The van der Waals surface area contributed by atoms with Crippen LogP contribution in [0.2, 0.25) is 0 Å². The average Bonchev–Trinajstić information content (AvgIpc) is 2.66. The van der Waals surface area contributed by atoms with E-state index in [-0.39, 0.29) is 19.2 Å². The molecule has 0 aromatic heterocycles. The fourth-order valence-electron chi connectivity index (χ4n) is 3.03. The first kappa shape index (κ1) is 21.9. The molecule has 156 valence electrons. The molecular weight excluding hydrogens is 368 g/mol. The van der Waals surface area contributed by atoms with E-state index in [9.17, 15) is 13.6 Å². The maximum atomic E-state index is 12.5. The molecule has 28 heavy (non-hydrogen) atoms. The Balaban J connectivity index is 1.88. The first-order valence-electron chi connectivity index (χ1n) is 9.51. The second-order valence-electron chi connectivity index (χ2n) is 6.71. The molecule has 1 aliphatic rings. The van der Waals surface area contributed by atoms with Crippen molar-refractivity contribution >= 4 is 11.9 Å². The lowest BCUT2D eigenvalue weighted by Crippen LogP contribution is -2.49. The highest BCUT2D eigenvalue weighted by atomic mass is 19.3. The van der Waals surface area contributed by atoms with E-state index in [1.54, 1.807) is 11.0 Å². The first-order valence-corrected chi connectivity index (χ1v) is 9.51. The number of nitrogens with zero attached hydrogens (tertiary/aromatic N) is 2. The first-order chi connectivity index (χ1) is 13.5. The Kier molecular flexibility index (Phi) is 8.93. The Morgan fingerprint density at radius 2 is 2.14 bits per heavy atom. The molecule has 1 heterocycles. The number of guanidine groups is 1. The number of primary amides is 1. The van der Waals surface area contributed by atoms with Crippen molar-refractivity contribution < 1.29 is 18.3 Å². The normalized spacial score (nSPS) is 16.2. The number of aliphatic imine (C=N–C) groups is 1. The molecule has 1 aliphatic heterocycles. The number of carbonyl (C=O) groups excluding carboxylic acids is 1. The van der Waals surface area contributed by atoms with Crippen molar-refractivity contribution in [2.75, 3.05) is 32.8 Å². The fraction of sp³-hybridized carbons (Fsp3) is 0.579. The zero-order chi connectivity index (χ0) is 20.4. The number of hydrogen-bond acceptors (Lipinski definition) is 4. The maximum absolute atomic E-state index is 12.5. The van der Waals surface area contributed by atoms with Crippen LogP contribution in [0.15, 0.2) is 29.3 Å². The lowest BCUT2D eigenvalue weighted by Gasteiger charge is -2.32. The summed E-state index contributed by atoms with van der Waals surface area (Å²) in [6, 6.07) is 7.54. The number of piperidine rings is 1. The van der Waals surface area contributed by atoms with E-state index in [2.05, 4.69) is 15.6 Å². The zero-order valence-electron chi connectivity index (χ0n) is 16.2. The molecule has 1 aromatic carbocycles. The number of hydrogen-bond donors (Lipinski definition) is 3. The third-order valence-corrected chi connectivity index (χ3v) is 4.37. The van der Waals surface area contributed by atoms with Gasteiger partial charge >= 0.3 is 0 Å². The minimum absolute atomic E-state index is 0.158. The summed E-state index contributed by atoms with van der Waals surface area (Å²) in [4.78, 5) is 17.2. The van der Waals surface area contributed by atoms with Crippen molar-refractivity contribution in [3.05, 3.63) is 29.8 Å². The number of likely N-dealkylation sites (tertiary alicyclic amines) is 1. The number of nitrogens with one attached hydrogen (secondary N) is 2. The number of alkyl halides is 2. The smallest absolute Gasteiger partial charge is 0.255 e. The number of halogens is 2. The van der Waals surface area contributed by atoms with Crippen molar-refractivity contribution in [2.24, 2.45) is 10.7 Å². The standard InChI is InChI=1S/C19H29F2N5O2/c1-2-23-19(25-15-6-8-26(9-7-15)12-17(20)21)24-11-14-4-3-5-16(10-14)28-13-18(22)27/h3-5,10,15,17H,2,6-9,11-13H2,1H3,(H2,22,27)(H2,23,24,25). The molecule has 0 saturated carbocycles. The molecule has 9 heteroatoms. The highest BCUT2D eigenvalue weighted by Crippen LogP contribution is 2.15. The fourth-order valence-corrected chi connectivity index (χ4v) is 3.03. The Bertz CT molecular complexity index is 649. The highest BCUT2D eigenvalue weighted by Gasteiger charge is 2.21. The summed E-state index contributed by atoms with van der Waals surface area (Å²) in [5.74, 6) is 0.732. The van der Waals surface area contributed by atoms with Crippen LogP contribution in [-0.2, 0) is 11.3 Å². The van der Waals surface area contributed by atoms with Crippen LogP contribution in [0.3, 0.4) is 0 Å². The van der Waals surface area contributed by atoms with Gasteiger partial charge in [-0.2, -0.15) is 0 Å². The Morgan fingerprint density at radius 3 is 2.79 bits per heavy atom. The SMILES string of the molecule is CCNC(=NCc1cccc(OCC(N)=O)c1)NC1CCN(CC(F)F)CC1. The lowest BCUT2D eigenvalue weighted by atomic mass is 10.1. The molecule has 1 saturated heterocycles. The summed E-state index contributed by atoms with van der Waals surface area (Å²) in [6.45, 7) is 4.13. The van der Waals surface area contributed by atoms with Crippen molar-refractivity contribution in [3.8, 4) is 5.75 Å². The molecule has 0 atom stereocenters. The Labute approximate surface area is 164 Å². The van der Waals surface area contributed by atoms with Crippen molar-refractivity contribution in [3.63, 3.8) is 0 Å². The van der Waals surface area contributed by atoms with E-state index < -0.39 is 12.3 Å². The van der Waals surface area contributed by atoms with E-state index in [0.29, 0.717) is 31.3 Å². The maximum Gasteiger partial charge on any atom is 0.255 e. The largest absolute Gasteiger partial charge is 0.484 e. The van der Waals surface area contributed by atoms with E-state index >= 15 is 0 Å².